The average molecular weight is 255 g/mol. The Balaban J connectivity index is 2.32. The lowest BCUT2D eigenvalue weighted by Gasteiger charge is -2.07. The monoisotopic (exact) mass is 255 g/mol. The molecule has 0 atom stereocenters. The number of rotatable bonds is 7. The van der Waals surface area contributed by atoms with Gasteiger partial charge < -0.3 is 15.2 Å². The van der Waals surface area contributed by atoms with Crippen molar-refractivity contribution in [2.45, 2.75) is 19.8 Å². The van der Waals surface area contributed by atoms with Crippen LogP contribution in [-0.2, 0) is 4.74 Å². The molecule has 1 rings (SSSR count). The van der Waals surface area contributed by atoms with Gasteiger partial charge in [0, 0.05) is 25.8 Å². The molecule has 1 aromatic rings. The third-order valence-corrected chi connectivity index (χ3v) is 2.30. The van der Waals surface area contributed by atoms with Crippen LogP contribution in [0.1, 0.15) is 30.1 Å². The Morgan fingerprint density at radius 2 is 2.22 bits per heavy atom. The average Bonchev–Trinajstić information content (AvgIpc) is 2.33. The zero-order valence-corrected chi connectivity index (χ0v) is 10.4. The first-order valence-electron chi connectivity index (χ1n) is 5.99. The summed E-state index contributed by atoms with van der Waals surface area (Å²) in [5, 5.41) is 12.0. The van der Waals surface area contributed by atoms with Gasteiger partial charge in [-0.1, -0.05) is 6.92 Å². The second kappa shape index (κ2) is 7.66. The fourth-order valence-corrected chi connectivity index (χ4v) is 1.41. The first-order valence-corrected chi connectivity index (χ1v) is 5.99. The van der Waals surface area contributed by atoms with Gasteiger partial charge in [0.2, 0.25) is 0 Å². The van der Waals surface area contributed by atoms with E-state index in [1.165, 1.54) is 6.07 Å². The highest BCUT2D eigenvalue weighted by Gasteiger charge is 2.10. The molecule has 0 saturated carbocycles. The number of carbonyl (C=O) groups excluding carboxylic acids is 1. The zero-order chi connectivity index (χ0) is 13.4. The van der Waals surface area contributed by atoms with E-state index in [2.05, 4.69) is 5.32 Å². The van der Waals surface area contributed by atoms with Gasteiger partial charge in [0.25, 0.3) is 5.91 Å². The smallest absolute Gasteiger partial charge is 0.255 e. The normalized spacial score (nSPS) is 10.3. The van der Waals surface area contributed by atoms with Gasteiger partial charge in [-0.3, -0.25) is 4.79 Å². The number of benzene rings is 1. The van der Waals surface area contributed by atoms with Gasteiger partial charge in [0.15, 0.2) is 0 Å². The Hall–Kier alpha value is -1.62. The number of phenolic OH excluding ortho intramolecular Hbond substituents is 1. The molecular weight excluding hydrogens is 237 g/mol. The summed E-state index contributed by atoms with van der Waals surface area (Å²) in [5.41, 5.74) is 0.0749. The van der Waals surface area contributed by atoms with Gasteiger partial charge in [0.05, 0.1) is 5.56 Å². The summed E-state index contributed by atoms with van der Waals surface area (Å²) in [4.78, 5) is 11.6. The maximum absolute atomic E-state index is 12.7. The highest BCUT2D eigenvalue weighted by Crippen LogP contribution is 2.17. The van der Waals surface area contributed by atoms with E-state index in [1.807, 2.05) is 6.92 Å². The molecule has 18 heavy (non-hydrogen) atoms. The van der Waals surface area contributed by atoms with Crippen molar-refractivity contribution in [3.63, 3.8) is 0 Å². The van der Waals surface area contributed by atoms with Crippen molar-refractivity contribution < 1.29 is 19.0 Å². The molecule has 4 nitrogen and oxygen atoms in total. The van der Waals surface area contributed by atoms with Gasteiger partial charge in [0.1, 0.15) is 11.6 Å². The molecule has 0 radical (unpaired) electrons. The molecule has 0 aliphatic carbocycles. The summed E-state index contributed by atoms with van der Waals surface area (Å²) in [6, 6.07) is 3.31. The molecule has 0 aromatic heterocycles. The van der Waals surface area contributed by atoms with Crippen molar-refractivity contribution in [3.8, 4) is 5.75 Å². The summed E-state index contributed by atoms with van der Waals surface area (Å²) in [6.45, 7) is 3.79. The highest BCUT2D eigenvalue weighted by atomic mass is 19.1. The Kier molecular flexibility index (Phi) is 6.14. The van der Waals surface area contributed by atoms with Gasteiger partial charge in [-0.15, -0.1) is 0 Å². The predicted molar refractivity (Wildman–Crippen MR) is 66.1 cm³/mol. The van der Waals surface area contributed by atoms with E-state index < -0.39 is 11.7 Å². The van der Waals surface area contributed by atoms with E-state index in [0.717, 1.165) is 18.6 Å². The van der Waals surface area contributed by atoms with Crippen molar-refractivity contribution in [2.75, 3.05) is 19.8 Å². The van der Waals surface area contributed by atoms with Crippen LogP contribution in [0, 0.1) is 5.82 Å². The fourth-order valence-electron chi connectivity index (χ4n) is 1.41. The molecule has 0 spiro atoms. The van der Waals surface area contributed by atoms with Gasteiger partial charge in [-0.05, 0) is 25.0 Å². The highest BCUT2D eigenvalue weighted by molar-refractivity contribution is 5.96. The number of phenols is 1. The molecule has 1 amide bonds. The molecule has 0 bridgehead atoms. The Morgan fingerprint density at radius 1 is 1.44 bits per heavy atom. The van der Waals surface area contributed by atoms with E-state index >= 15 is 0 Å². The van der Waals surface area contributed by atoms with Crippen LogP contribution in [0.3, 0.4) is 0 Å². The Morgan fingerprint density at radius 3 is 2.89 bits per heavy atom. The SMILES string of the molecule is CCCOCCCNC(=O)c1ccc(F)cc1O. The van der Waals surface area contributed by atoms with E-state index in [-0.39, 0.29) is 11.3 Å². The summed E-state index contributed by atoms with van der Waals surface area (Å²) in [5.74, 6) is -1.34. The van der Waals surface area contributed by atoms with Crippen molar-refractivity contribution >= 4 is 5.91 Å². The molecule has 5 heteroatoms. The number of hydrogen-bond acceptors (Lipinski definition) is 3. The maximum Gasteiger partial charge on any atom is 0.255 e. The lowest BCUT2D eigenvalue weighted by atomic mass is 10.2. The number of halogens is 1. The molecule has 1 aromatic carbocycles. The number of amides is 1. The van der Waals surface area contributed by atoms with E-state index in [1.54, 1.807) is 0 Å². The van der Waals surface area contributed by atoms with Gasteiger partial charge >= 0.3 is 0 Å². The topological polar surface area (TPSA) is 58.6 Å². The standard InChI is InChI=1S/C13H18FNO3/c1-2-7-18-8-3-6-15-13(17)11-5-4-10(14)9-12(11)16/h4-5,9,16H,2-3,6-8H2,1H3,(H,15,17). The predicted octanol–water partition coefficient (Wildman–Crippen LogP) is 2.08. The maximum atomic E-state index is 12.7. The lowest BCUT2D eigenvalue weighted by molar-refractivity contribution is 0.0938. The third-order valence-electron chi connectivity index (χ3n) is 2.30. The minimum atomic E-state index is -0.572. The number of hydrogen-bond donors (Lipinski definition) is 2. The largest absolute Gasteiger partial charge is 0.507 e. The molecule has 0 unspecified atom stereocenters. The third kappa shape index (κ3) is 4.71. The molecule has 0 fully saturated rings. The number of carbonyl (C=O) groups is 1. The molecule has 0 aliphatic heterocycles. The fraction of sp³-hybridized carbons (Fsp3) is 0.462. The minimum Gasteiger partial charge on any atom is -0.507 e. The van der Waals surface area contributed by atoms with E-state index in [4.69, 9.17) is 4.74 Å². The van der Waals surface area contributed by atoms with Crippen LogP contribution >= 0.6 is 0 Å². The summed E-state index contributed by atoms with van der Waals surface area (Å²) < 4.78 is 18.0. The van der Waals surface area contributed by atoms with Crippen molar-refractivity contribution in [1.82, 2.24) is 5.32 Å². The van der Waals surface area contributed by atoms with Crippen LogP contribution in [-0.4, -0.2) is 30.8 Å². The van der Waals surface area contributed by atoms with Crippen LogP contribution in [0.5, 0.6) is 5.75 Å². The second-order valence-corrected chi connectivity index (χ2v) is 3.88. The molecular formula is C13H18FNO3. The van der Waals surface area contributed by atoms with E-state index in [9.17, 15) is 14.3 Å². The molecule has 0 saturated heterocycles. The lowest BCUT2D eigenvalue weighted by Crippen LogP contribution is -2.25. The second-order valence-electron chi connectivity index (χ2n) is 3.88. The molecule has 0 aliphatic rings. The molecule has 100 valence electrons. The number of aromatic hydroxyl groups is 1. The minimum absolute atomic E-state index is 0.0749. The molecule has 0 heterocycles. The Labute approximate surface area is 106 Å². The van der Waals surface area contributed by atoms with Crippen LogP contribution < -0.4 is 5.32 Å². The van der Waals surface area contributed by atoms with Crippen molar-refractivity contribution in [2.24, 2.45) is 0 Å². The summed E-state index contributed by atoms with van der Waals surface area (Å²) in [7, 11) is 0. The first kappa shape index (κ1) is 14.4. The van der Waals surface area contributed by atoms with Gasteiger partial charge in [-0.25, -0.2) is 4.39 Å². The van der Waals surface area contributed by atoms with Crippen molar-refractivity contribution in [1.29, 1.82) is 0 Å². The quantitative estimate of drug-likeness (QED) is 0.733. The number of ether oxygens (including phenoxy) is 1. The van der Waals surface area contributed by atoms with Crippen LogP contribution in [0.25, 0.3) is 0 Å². The summed E-state index contributed by atoms with van der Waals surface area (Å²) in [6.07, 6.45) is 1.67. The van der Waals surface area contributed by atoms with Crippen LogP contribution in [0.4, 0.5) is 4.39 Å². The zero-order valence-electron chi connectivity index (χ0n) is 10.4. The van der Waals surface area contributed by atoms with Crippen molar-refractivity contribution in [3.05, 3.63) is 29.6 Å². The van der Waals surface area contributed by atoms with Crippen LogP contribution in [0.2, 0.25) is 0 Å². The number of nitrogens with one attached hydrogen (secondary N) is 1. The Bertz CT molecular complexity index is 396. The van der Waals surface area contributed by atoms with E-state index in [0.29, 0.717) is 26.2 Å². The molecule has 2 N–H and O–H groups in total. The first-order chi connectivity index (χ1) is 8.65. The van der Waals surface area contributed by atoms with Crippen LogP contribution in [0.15, 0.2) is 18.2 Å². The summed E-state index contributed by atoms with van der Waals surface area (Å²) >= 11 is 0. The van der Waals surface area contributed by atoms with Gasteiger partial charge in [-0.2, -0.15) is 0 Å².